The Morgan fingerprint density at radius 3 is 2.00 bits per heavy atom. The van der Waals surface area contributed by atoms with Crippen LogP contribution in [0.4, 0.5) is 32.0 Å². The van der Waals surface area contributed by atoms with Crippen molar-refractivity contribution < 1.29 is 40.7 Å². The third kappa shape index (κ3) is 6.33. The molecule has 2 N–H and O–H groups in total. The van der Waals surface area contributed by atoms with Crippen LogP contribution >= 0.6 is 0 Å². The second-order valence-corrected chi connectivity index (χ2v) is 3.80. The molecule has 0 heterocycles. The van der Waals surface area contributed by atoms with Crippen LogP contribution in [0.25, 0.3) is 0 Å². The molecule has 0 atom stereocenters. The van der Waals surface area contributed by atoms with E-state index in [4.69, 9.17) is 0 Å². The van der Waals surface area contributed by atoms with E-state index in [9.17, 15) is 35.9 Å². The fourth-order valence-corrected chi connectivity index (χ4v) is 1.21. The van der Waals surface area contributed by atoms with Crippen LogP contribution in [0.5, 0.6) is 5.75 Å². The van der Waals surface area contributed by atoms with E-state index in [2.05, 4.69) is 10.1 Å². The number of hydrogen-bond acceptors (Lipinski definition) is 3. The Morgan fingerprint density at radius 2 is 1.55 bits per heavy atom. The first-order valence-corrected chi connectivity index (χ1v) is 5.48. The Morgan fingerprint density at radius 1 is 1.00 bits per heavy atom. The molecule has 5 nitrogen and oxygen atoms in total. The van der Waals surface area contributed by atoms with Crippen molar-refractivity contribution in [2.45, 2.75) is 12.5 Å². The molecule has 1 aromatic rings. The minimum absolute atomic E-state index is 0.0146. The quantitative estimate of drug-likeness (QED) is 0.832. The van der Waals surface area contributed by atoms with Crippen molar-refractivity contribution >= 4 is 17.5 Å². The summed E-state index contributed by atoms with van der Waals surface area (Å²) < 4.78 is 74.9. The summed E-state index contributed by atoms with van der Waals surface area (Å²) in [6.45, 7) is -0.945. The number of hydrogen-bond donors (Lipinski definition) is 2. The fraction of sp³-hybridized carbons (Fsp3) is 0.273. The van der Waals surface area contributed by atoms with Gasteiger partial charge in [-0.1, -0.05) is 0 Å². The van der Waals surface area contributed by atoms with E-state index in [1.54, 1.807) is 0 Å². The SMILES string of the molecule is O=C(CNC(=O)C(F)(F)F)Nc1ccc(OC(F)(F)F)cc1. The zero-order chi connectivity index (χ0) is 17.0. The first-order chi connectivity index (χ1) is 9.97. The normalized spacial score (nSPS) is 11.7. The summed E-state index contributed by atoms with van der Waals surface area (Å²) in [4.78, 5) is 21.7. The predicted octanol–water partition coefficient (Wildman–Crippen LogP) is 2.20. The summed E-state index contributed by atoms with van der Waals surface area (Å²) in [6, 6.07) is 3.89. The lowest BCUT2D eigenvalue weighted by Gasteiger charge is -2.10. The molecule has 0 unspecified atom stereocenters. The second kappa shape index (κ2) is 6.54. The molecule has 122 valence electrons. The van der Waals surface area contributed by atoms with Gasteiger partial charge < -0.3 is 15.4 Å². The zero-order valence-corrected chi connectivity index (χ0v) is 10.5. The van der Waals surface area contributed by atoms with Gasteiger partial charge in [-0.05, 0) is 24.3 Å². The molecule has 1 rings (SSSR count). The Balaban J connectivity index is 2.50. The summed E-state index contributed by atoms with van der Waals surface area (Å²) in [7, 11) is 0. The molecule has 0 aromatic heterocycles. The number of alkyl halides is 6. The molecule has 2 amide bonds. The van der Waals surface area contributed by atoms with Crippen LogP contribution in [0.1, 0.15) is 0 Å². The molecule has 11 heteroatoms. The van der Waals surface area contributed by atoms with Crippen molar-refractivity contribution in [2.24, 2.45) is 0 Å². The lowest BCUT2D eigenvalue weighted by Crippen LogP contribution is -2.41. The summed E-state index contributed by atoms with van der Waals surface area (Å²) in [5, 5.41) is 3.42. The van der Waals surface area contributed by atoms with Crippen LogP contribution in [0.3, 0.4) is 0 Å². The lowest BCUT2D eigenvalue weighted by atomic mass is 10.3. The van der Waals surface area contributed by atoms with Crippen LogP contribution < -0.4 is 15.4 Å². The summed E-state index contributed by atoms with van der Waals surface area (Å²) in [5.74, 6) is -3.80. The van der Waals surface area contributed by atoms with E-state index in [1.807, 2.05) is 0 Å². The number of ether oxygens (including phenoxy) is 1. The van der Waals surface area contributed by atoms with Crippen LogP contribution in [0.15, 0.2) is 24.3 Å². The molecule has 0 radical (unpaired) electrons. The van der Waals surface area contributed by atoms with E-state index < -0.39 is 36.6 Å². The molecule has 22 heavy (non-hydrogen) atoms. The number of carbonyl (C=O) groups is 2. The summed E-state index contributed by atoms with van der Waals surface area (Å²) in [6.07, 6.45) is -9.98. The number of rotatable bonds is 4. The minimum Gasteiger partial charge on any atom is -0.406 e. The number of amides is 2. The van der Waals surface area contributed by atoms with Gasteiger partial charge in [-0.15, -0.1) is 13.2 Å². The third-order valence-electron chi connectivity index (χ3n) is 2.04. The minimum atomic E-state index is -5.11. The molecule has 0 aliphatic carbocycles. The maximum atomic E-state index is 11.9. The molecule has 1 aromatic carbocycles. The van der Waals surface area contributed by atoms with E-state index >= 15 is 0 Å². The van der Waals surface area contributed by atoms with Gasteiger partial charge in [0.2, 0.25) is 5.91 Å². The highest BCUT2D eigenvalue weighted by molar-refractivity contribution is 5.95. The Labute approximate surface area is 119 Å². The Hall–Kier alpha value is -2.46. The van der Waals surface area contributed by atoms with Gasteiger partial charge in [0.05, 0.1) is 6.54 Å². The van der Waals surface area contributed by atoms with Gasteiger partial charge in [-0.25, -0.2) is 0 Å². The van der Waals surface area contributed by atoms with Gasteiger partial charge in [0.25, 0.3) is 0 Å². The molecule has 0 saturated heterocycles. The maximum absolute atomic E-state index is 11.9. The summed E-state index contributed by atoms with van der Waals surface area (Å²) in [5.41, 5.74) is 0.0146. The lowest BCUT2D eigenvalue weighted by molar-refractivity contribution is -0.274. The van der Waals surface area contributed by atoms with Gasteiger partial charge in [0, 0.05) is 5.69 Å². The van der Waals surface area contributed by atoms with Crippen molar-refractivity contribution in [3.05, 3.63) is 24.3 Å². The van der Waals surface area contributed by atoms with E-state index in [1.165, 1.54) is 5.32 Å². The predicted molar refractivity (Wildman–Crippen MR) is 60.8 cm³/mol. The van der Waals surface area contributed by atoms with Crippen molar-refractivity contribution in [1.82, 2.24) is 5.32 Å². The largest absolute Gasteiger partial charge is 0.573 e. The first-order valence-electron chi connectivity index (χ1n) is 5.48. The molecule has 0 bridgehead atoms. The molecule has 0 spiro atoms. The Bertz CT molecular complexity index is 538. The first kappa shape index (κ1) is 17.6. The molecule has 0 aliphatic rings. The number of anilines is 1. The fourth-order valence-electron chi connectivity index (χ4n) is 1.21. The molecule has 0 fully saturated rings. The van der Waals surface area contributed by atoms with E-state index in [0.717, 1.165) is 24.3 Å². The van der Waals surface area contributed by atoms with Crippen molar-refractivity contribution in [3.63, 3.8) is 0 Å². The van der Waals surface area contributed by atoms with E-state index in [-0.39, 0.29) is 5.69 Å². The molecular formula is C11H8F6N2O3. The number of nitrogens with one attached hydrogen (secondary N) is 2. The van der Waals surface area contributed by atoms with Gasteiger partial charge in [0.15, 0.2) is 0 Å². The number of carbonyl (C=O) groups excluding carboxylic acids is 2. The highest BCUT2D eigenvalue weighted by Gasteiger charge is 2.38. The molecular weight excluding hydrogens is 322 g/mol. The average Bonchev–Trinajstić information content (AvgIpc) is 2.35. The summed E-state index contributed by atoms with van der Waals surface area (Å²) >= 11 is 0. The molecule has 0 saturated carbocycles. The van der Waals surface area contributed by atoms with Crippen LogP contribution in [0.2, 0.25) is 0 Å². The maximum Gasteiger partial charge on any atom is 0.573 e. The zero-order valence-electron chi connectivity index (χ0n) is 10.5. The van der Waals surface area contributed by atoms with E-state index in [0.29, 0.717) is 0 Å². The highest BCUT2D eigenvalue weighted by atomic mass is 19.4. The van der Waals surface area contributed by atoms with Crippen LogP contribution in [0, 0.1) is 0 Å². The van der Waals surface area contributed by atoms with Gasteiger partial charge >= 0.3 is 18.4 Å². The van der Waals surface area contributed by atoms with Crippen molar-refractivity contribution in [2.75, 3.05) is 11.9 Å². The Kier molecular flexibility index (Phi) is 5.23. The average molecular weight is 330 g/mol. The number of benzene rings is 1. The number of halogens is 6. The van der Waals surface area contributed by atoms with Crippen LogP contribution in [-0.2, 0) is 9.59 Å². The smallest absolute Gasteiger partial charge is 0.406 e. The van der Waals surface area contributed by atoms with Crippen molar-refractivity contribution in [1.29, 1.82) is 0 Å². The van der Waals surface area contributed by atoms with Crippen LogP contribution in [-0.4, -0.2) is 30.9 Å². The van der Waals surface area contributed by atoms with Gasteiger partial charge in [0.1, 0.15) is 5.75 Å². The van der Waals surface area contributed by atoms with Gasteiger partial charge in [-0.2, -0.15) is 13.2 Å². The van der Waals surface area contributed by atoms with Crippen molar-refractivity contribution in [3.8, 4) is 5.75 Å². The standard InChI is InChI=1S/C11H8F6N2O3/c12-10(13,14)9(21)18-5-8(20)19-6-1-3-7(4-2-6)22-11(15,16)17/h1-4H,5H2,(H,18,21)(H,19,20). The molecule has 0 aliphatic heterocycles. The monoisotopic (exact) mass is 330 g/mol. The van der Waals surface area contributed by atoms with Gasteiger partial charge in [-0.3, -0.25) is 9.59 Å². The third-order valence-corrected chi connectivity index (χ3v) is 2.04. The highest BCUT2D eigenvalue weighted by Crippen LogP contribution is 2.23. The topological polar surface area (TPSA) is 67.4 Å². The second-order valence-electron chi connectivity index (χ2n) is 3.80.